The minimum atomic E-state index is -3.57. The number of hydrogen-bond acceptors (Lipinski definition) is 3. The summed E-state index contributed by atoms with van der Waals surface area (Å²) in [5, 5.41) is 0.345. The first kappa shape index (κ1) is 15.8. The fourth-order valence-corrected chi connectivity index (χ4v) is 3.35. The second kappa shape index (κ2) is 6.43. The highest BCUT2D eigenvalue weighted by molar-refractivity contribution is 7.91. The van der Waals surface area contributed by atoms with Crippen LogP contribution in [-0.2, 0) is 15.8 Å². The number of benzene rings is 2. The van der Waals surface area contributed by atoms with E-state index in [1.165, 1.54) is 0 Å². The molecule has 0 saturated carbocycles. The third kappa shape index (κ3) is 4.42. The highest BCUT2D eigenvalue weighted by Crippen LogP contribution is 2.22. The minimum Gasteiger partial charge on any atom is -0.389 e. The zero-order valence-electron chi connectivity index (χ0n) is 10.9. The van der Waals surface area contributed by atoms with E-state index in [0.29, 0.717) is 21.8 Å². The average molecular weight is 341 g/mol. The van der Waals surface area contributed by atoms with Crippen LogP contribution in [0.2, 0.25) is 5.02 Å². The Morgan fingerprint density at radius 1 is 1.19 bits per heavy atom. The van der Waals surface area contributed by atoms with Gasteiger partial charge in [-0.1, -0.05) is 54.2 Å². The van der Waals surface area contributed by atoms with Gasteiger partial charge < -0.3 is 5.73 Å². The van der Waals surface area contributed by atoms with E-state index in [-0.39, 0.29) is 10.7 Å². The third-order valence-electron chi connectivity index (χ3n) is 2.71. The number of sulfonamides is 1. The largest absolute Gasteiger partial charge is 0.389 e. The van der Waals surface area contributed by atoms with Crippen molar-refractivity contribution >= 4 is 44.5 Å². The topological polar surface area (TPSA) is 72.2 Å². The lowest BCUT2D eigenvalue weighted by molar-refractivity contribution is 0.600. The Labute approximate surface area is 134 Å². The summed E-state index contributed by atoms with van der Waals surface area (Å²) in [6.45, 7) is 0. The Balaban J connectivity index is 2.20. The third-order valence-corrected chi connectivity index (χ3v) is 4.52. The van der Waals surface area contributed by atoms with Crippen molar-refractivity contribution in [2.24, 2.45) is 5.73 Å². The van der Waals surface area contributed by atoms with Crippen molar-refractivity contribution in [1.29, 1.82) is 0 Å². The molecule has 0 aromatic heterocycles. The Kier molecular flexibility index (Phi) is 4.82. The maximum atomic E-state index is 12.2. The van der Waals surface area contributed by atoms with E-state index in [4.69, 9.17) is 29.6 Å². The van der Waals surface area contributed by atoms with Crippen molar-refractivity contribution in [3.05, 3.63) is 64.7 Å². The molecule has 2 aromatic rings. The number of halogens is 1. The number of para-hydroxylation sites is 1. The molecule has 0 radical (unpaired) electrons. The summed E-state index contributed by atoms with van der Waals surface area (Å²) >= 11 is 10.8. The molecule has 0 heterocycles. The van der Waals surface area contributed by atoms with Crippen LogP contribution >= 0.6 is 23.8 Å². The molecule has 0 bridgehead atoms. The Morgan fingerprint density at radius 3 is 2.57 bits per heavy atom. The number of nitrogens with two attached hydrogens (primary N) is 1. The normalized spacial score (nSPS) is 11.1. The van der Waals surface area contributed by atoms with Crippen LogP contribution in [0.5, 0.6) is 0 Å². The average Bonchev–Trinajstić information content (AvgIpc) is 2.41. The first-order chi connectivity index (χ1) is 9.87. The minimum absolute atomic E-state index is 0.186. The lowest BCUT2D eigenvalue weighted by Gasteiger charge is -2.10. The second-order valence-electron chi connectivity index (χ2n) is 4.41. The van der Waals surface area contributed by atoms with Crippen LogP contribution in [0.25, 0.3) is 0 Å². The van der Waals surface area contributed by atoms with Crippen LogP contribution in [0.1, 0.15) is 11.1 Å². The molecule has 110 valence electrons. The van der Waals surface area contributed by atoms with E-state index in [1.807, 2.05) is 0 Å². The zero-order chi connectivity index (χ0) is 15.5. The molecule has 0 saturated heterocycles. The maximum Gasteiger partial charge on any atom is 0.236 e. The number of hydrogen-bond donors (Lipinski definition) is 2. The fourth-order valence-electron chi connectivity index (χ4n) is 1.78. The van der Waals surface area contributed by atoms with Crippen LogP contribution in [0, 0.1) is 0 Å². The van der Waals surface area contributed by atoms with Gasteiger partial charge in [-0.05, 0) is 23.8 Å². The molecule has 0 spiro atoms. The van der Waals surface area contributed by atoms with Crippen molar-refractivity contribution in [1.82, 2.24) is 0 Å². The molecule has 0 fully saturated rings. The van der Waals surface area contributed by atoms with Crippen LogP contribution < -0.4 is 10.5 Å². The first-order valence-corrected chi connectivity index (χ1v) is 8.45. The molecule has 2 aromatic carbocycles. The first-order valence-electron chi connectivity index (χ1n) is 6.01. The van der Waals surface area contributed by atoms with Crippen molar-refractivity contribution in [3.8, 4) is 0 Å². The van der Waals surface area contributed by atoms with Gasteiger partial charge in [0.15, 0.2) is 0 Å². The summed E-state index contributed by atoms with van der Waals surface area (Å²) < 4.78 is 26.8. The monoisotopic (exact) mass is 340 g/mol. The fraction of sp³-hybridized carbons (Fsp3) is 0.0714. The van der Waals surface area contributed by atoms with Crippen LogP contribution in [-0.4, -0.2) is 13.4 Å². The smallest absolute Gasteiger partial charge is 0.236 e. The molecule has 0 aliphatic carbocycles. The van der Waals surface area contributed by atoms with Crippen LogP contribution in [0.15, 0.2) is 48.5 Å². The molecular weight excluding hydrogens is 328 g/mol. The highest BCUT2D eigenvalue weighted by Gasteiger charge is 2.14. The number of anilines is 1. The number of thiocarbonyl (C=S) groups is 1. The van der Waals surface area contributed by atoms with Gasteiger partial charge in [-0.25, -0.2) is 8.42 Å². The lowest BCUT2D eigenvalue weighted by atomic mass is 10.1. The van der Waals surface area contributed by atoms with Gasteiger partial charge >= 0.3 is 0 Å². The molecule has 2 rings (SSSR count). The number of rotatable bonds is 5. The van der Waals surface area contributed by atoms with Crippen LogP contribution in [0.4, 0.5) is 5.69 Å². The molecule has 0 unspecified atom stereocenters. The maximum absolute atomic E-state index is 12.2. The summed E-state index contributed by atoms with van der Waals surface area (Å²) in [7, 11) is -3.57. The predicted molar refractivity (Wildman–Crippen MR) is 90.0 cm³/mol. The van der Waals surface area contributed by atoms with Crippen molar-refractivity contribution in [3.63, 3.8) is 0 Å². The van der Waals surface area contributed by atoms with Crippen molar-refractivity contribution in [2.45, 2.75) is 5.75 Å². The van der Waals surface area contributed by atoms with Gasteiger partial charge in [-0.3, -0.25) is 4.72 Å². The van der Waals surface area contributed by atoms with Crippen molar-refractivity contribution in [2.75, 3.05) is 4.72 Å². The molecule has 7 heteroatoms. The molecule has 21 heavy (non-hydrogen) atoms. The van der Waals surface area contributed by atoms with E-state index in [9.17, 15) is 8.42 Å². The molecule has 0 amide bonds. The molecule has 0 atom stereocenters. The molecule has 0 aliphatic heterocycles. The molecule has 4 nitrogen and oxygen atoms in total. The van der Waals surface area contributed by atoms with Crippen LogP contribution in [0.3, 0.4) is 0 Å². The van der Waals surface area contributed by atoms with E-state index in [2.05, 4.69) is 4.72 Å². The summed E-state index contributed by atoms with van der Waals surface area (Å²) in [6.07, 6.45) is 0. The van der Waals surface area contributed by atoms with Gasteiger partial charge in [0.1, 0.15) is 4.99 Å². The zero-order valence-corrected chi connectivity index (χ0v) is 13.3. The number of nitrogens with one attached hydrogen (secondary N) is 1. The van der Waals surface area contributed by atoms with Gasteiger partial charge in [0, 0.05) is 5.56 Å². The Hall–Kier alpha value is -1.63. The Morgan fingerprint density at radius 2 is 1.90 bits per heavy atom. The lowest BCUT2D eigenvalue weighted by Crippen LogP contribution is -2.16. The van der Waals surface area contributed by atoms with Gasteiger partial charge in [0.25, 0.3) is 0 Å². The van der Waals surface area contributed by atoms with Gasteiger partial charge in [-0.15, -0.1) is 0 Å². The van der Waals surface area contributed by atoms with Crippen molar-refractivity contribution < 1.29 is 8.42 Å². The van der Waals surface area contributed by atoms with E-state index >= 15 is 0 Å². The summed E-state index contributed by atoms with van der Waals surface area (Å²) in [6, 6.07) is 13.5. The van der Waals surface area contributed by atoms with Gasteiger partial charge in [-0.2, -0.15) is 0 Å². The standard InChI is InChI=1S/C14H13ClN2O2S2/c15-12-6-1-2-7-13(12)17-21(18,19)9-10-4-3-5-11(8-10)14(16)20/h1-8,17H,9H2,(H2,16,20). The summed E-state index contributed by atoms with van der Waals surface area (Å²) in [5.74, 6) is -0.186. The second-order valence-corrected chi connectivity index (χ2v) is 6.97. The SMILES string of the molecule is NC(=S)c1cccc(CS(=O)(=O)Nc2ccccc2Cl)c1. The van der Waals surface area contributed by atoms with E-state index in [0.717, 1.165) is 0 Å². The highest BCUT2D eigenvalue weighted by atomic mass is 35.5. The summed E-state index contributed by atoms with van der Waals surface area (Å²) in [4.78, 5) is 0.230. The van der Waals surface area contributed by atoms with E-state index < -0.39 is 10.0 Å². The summed E-state index contributed by atoms with van der Waals surface area (Å²) in [5.41, 5.74) is 7.12. The molecule has 0 aliphatic rings. The quantitative estimate of drug-likeness (QED) is 0.821. The molecular formula is C14H13ClN2O2S2. The van der Waals surface area contributed by atoms with Gasteiger partial charge in [0.2, 0.25) is 10.0 Å². The van der Waals surface area contributed by atoms with E-state index in [1.54, 1.807) is 48.5 Å². The predicted octanol–water partition coefficient (Wildman–Crippen LogP) is 2.92. The Bertz CT molecular complexity index is 776. The van der Waals surface area contributed by atoms with Gasteiger partial charge in [0.05, 0.1) is 16.5 Å². The molecule has 3 N–H and O–H groups in total.